The molecule has 9 nitrogen and oxygen atoms in total. The minimum Gasteiger partial charge on any atom is -0.446 e. The smallest absolute Gasteiger partial charge is 0.409 e. The van der Waals surface area contributed by atoms with Crippen LogP contribution in [0.25, 0.3) is 0 Å². The maximum Gasteiger partial charge on any atom is 0.409 e. The number of hydrogen-bond acceptors (Lipinski definition) is 7. The summed E-state index contributed by atoms with van der Waals surface area (Å²) < 4.78 is 37.8. The molecule has 0 aromatic carbocycles. The van der Waals surface area contributed by atoms with E-state index in [4.69, 9.17) is 9.47 Å². The van der Waals surface area contributed by atoms with E-state index < -0.39 is 12.5 Å². The average molecular weight is 420 g/mol. The molecule has 1 saturated carbocycles. The normalized spacial score (nSPS) is 26.2. The number of alkyl halides is 2. The van der Waals surface area contributed by atoms with Crippen LogP contribution in [0.2, 0.25) is 0 Å². The molecule has 160 valence electrons. The fourth-order valence-corrected chi connectivity index (χ4v) is 4.11. The number of hydrogen-bond donors (Lipinski definition) is 3. The number of amides is 1. The minimum absolute atomic E-state index is 0.0364. The Hall–Kier alpha value is -2.95. The number of carbonyl (C=O) groups is 1. The van der Waals surface area contributed by atoms with Gasteiger partial charge >= 0.3 is 6.09 Å². The highest BCUT2D eigenvalue weighted by Crippen LogP contribution is 2.36. The van der Waals surface area contributed by atoms with Crippen molar-refractivity contribution in [2.45, 2.75) is 43.8 Å². The monoisotopic (exact) mass is 420 g/mol. The maximum atomic E-state index is 13.4. The Labute approximate surface area is 171 Å². The number of ether oxygens (including phenoxy) is 2. The lowest BCUT2D eigenvalue weighted by atomic mass is 10.0. The van der Waals surface area contributed by atoms with E-state index in [1.54, 1.807) is 6.07 Å². The predicted molar refractivity (Wildman–Crippen MR) is 103 cm³/mol. The minimum atomic E-state index is -2.68. The van der Waals surface area contributed by atoms with Crippen LogP contribution in [0.3, 0.4) is 0 Å². The Morgan fingerprint density at radius 3 is 2.87 bits per heavy atom. The standard InChI is InChI=1S/C19H22F2N6O3/c20-18(21)15-4-11-5-17(24-15)27-7-13(8-27)29-9-22-19(28)30-12-2-1-10(3-12)14-6-16(23-11)26-25-14/h4-6,10,12-13,18H,1-3,7-9H2,(H,22,28)(H2,23,25,26)/t10-,12+/m0/s1. The number of aromatic nitrogens is 3. The van der Waals surface area contributed by atoms with Crippen LogP contribution in [0, 0.1) is 0 Å². The van der Waals surface area contributed by atoms with Crippen molar-refractivity contribution in [2.24, 2.45) is 0 Å². The number of rotatable bonds is 1. The summed E-state index contributed by atoms with van der Waals surface area (Å²) in [6.45, 7) is 1.02. The predicted octanol–water partition coefficient (Wildman–Crippen LogP) is 3.02. The van der Waals surface area contributed by atoms with Crippen molar-refractivity contribution in [2.75, 3.05) is 30.0 Å². The van der Waals surface area contributed by atoms with Crippen LogP contribution >= 0.6 is 0 Å². The van der Waals surface area contributed by atoms with Gasteiger partial charge in [0, 0.05) is 42.5 Å². The van der Waals surface area contributed by atoms with Crippen LogP contribution in [0.5, 0.6) is 0 Å². The molecule has 0 spiro atoms. The van der Waals surface area contributed by atoms with Gasteiger partial charge in [0.25, 0.3) is 6.43 Å². The number of alkyl carbamates (subject to hydrolysis) is 1. The molecule has 11 heteroatoms. The van der Waals surface area contributed by atoms with Crippen LogP contribution in [0.4, 0.5) is 30.9 Å². The van der Waals surface area contributed by atoms with E-state index in [-0.39, 0.29) is 30.6 Å². The molecule has 2 aromatic heterocycles. The van der Waals surface area contributed by atoms with Gasteiger partial charge in [0.05, 0.1) is 6.10 Å². The zero-order chi connectivity index (χ0) is 20.7. The Bertz CT molecular complexity index is 933. The van der Waals surface area contributed by atoms with Crippen molar-refractivity contribution in [3.8, 4) is 0 Å². The summed E-state index contributed by atoms with van der Waals surface area (Å²) in [5.41, 5.74) is 1.12. The lowest BCUT2D eigenvalue weighted by Crippen LogP contribution is -2.53. The second-order valence-corrected chi connectivity index (χ2v) is 7.83. The molecule has 3 aliphatic heterocycles. The summed E-state index contributed by atoms with van der Waals surface area (Å²) in [6, 6.07) is 4.93. The Morgan fingerprint density at radius 1 is 1.17 bits per heavy atom. The molecule has 0 unspecified atom stereocenters. The van der Waals surface area contributed by atoms with E-state index in [9.17, 15) is 13.6 Å². The largest absolute Gasteiger partial charge is 0.446 e. The summed E-state index contributed by atoms with van der Waals surface area (Å²) in [5, 5.41) is 13.0. The van der Waals surface area contributed by atoms with Gasteiger partial charge in [-0.25, -0.2) is 18.6 Å². The van der Waals surface area contributed by atoms with Crippen LogP contribution in [-0.4, -0.2) is 53.3 Å². The quantitative estimate of drug-likeness (QED) is 0.651. The number of pyridine rings is 1. The molecule has 1 aliphatic carbocycles. The summed E-state index contributed by atoms with van der Waals surface area (Å²) in [4.78, 5) is 17.9. The Morgan fingerprint density at radius 2 is 2.03 bits per heavy atom. The summed E-state index contributed by atoms with van der Waals surface area (Å²) >= 11 is 0. The van der Waals surface area contributed by atoms with Gasteiger partial charge in [-0.2, -0.15) is 5.10 Å². The first kappa shape index (κ1) is 19.0. The third-order valence-corrected chi connectivity index (χ3v) is 5.73. The highest BCUT2D eigenvalue weighted by atomic mass is 19.3. The molecular weight excluding hydrogens is 398 g/mol. The number of fused-ring (bicyclic) bond motifs is 4. The fourth-order valence-electron chi connectivity index (χ4n) is 4.11. The van der Waals surface area contributed by atoms with Gasteiger partial charge in [0.15, 0.2) is 5.82 Å². The third-order valence-electron chi connectivity index (χ3n) is 5.73. The van der Waals surface area contributed by atoms with E-state index >= 15 is 0 Å². The van der Waals surface area contributed by atoms with E-state index in [1.807, 2.05) is 11.0 Å². The van der Waals surface area contributed by atoms with Crippen molar-refractivity contribution in [3.05, 3.63) is 29.6 Å². The molecular formula is C19H22F2N6O3. The molecule has 8 bridgehead atoms. The molecule has 30 heavy (non-hydrogen) atoms. The number of halogens is 2. The van der Waals surface area contributed by atoms with Crippen molar-refractivity contribution < 1.29 is 23.0 Å². The number of nitrogens with zero attached hydrogens (tertiary/aromatic N) is 3. The van der Waals surface area contributed by atoms with Crippen molar-refractivity contribution >= 4 is 23.4 Å². The van der Waals surface area contributed by atoms with Crippen LogP contribution in [0.15, 0.2) is 18.2 Å². The molecule has 2 atom stereocenters. The molecule has 1 saturated heterocycles. The van der Waals surface area contributed by atoms with E-state index in [0.29, 0.717) is 36.8 Å². The van der Waals surface area contributed by atoms with Crippen molar-refractivity contribution in [3.63, 3.8) is 0 Å². The average Bonchev–Trinajstić information content (AvgIpc) is 3.32. The SMILES string of the molecule is O=C1NCOC2CN(C2)c2cc(cc(C(F)F)n2)Nc2cc([nH]n2)[C@H]2CC[C@H](C2)O1. The molecule has 6 rings (SSSR count). The highest BCUT2D eigenvalue weighted by molar-refractivity contribution is 5.67. The van der Waals surface area contributed by atoms with Gasteiger partial charge < -0.3 is 19.7 Å². The summed E-state index contributed by atoms with van der Waals surface area (Å²) in [5.74, 6) is 1.16. The summed E-state index contributed by atoms with van der Waals surface area (Å²) in [6.07, 6.45) is -1.14. The first-order valence-electron chi connectivity index (χ1n) is 9.97. The van der Waals surface area contributed by atoms with Gasteiger partial charge in [0.2, 0.25) is 0 Å². The summed E-state index contributed by atoms with van der Waals surface area (Å²) in [7, 11) is 0. The third kappa shape index (κ3) is 3.89. The Kier molecular flexibility index (Phi) is 4.89. The number of anilines is 3. The first-order valence-corrected chi connectivity index (χ1v) is 9.97. The van der Waals surface area contributed by atoms with Gasteiger partial charge in [-0.15, -0.1) is 0 Å². The van der Waals surface area contributed by atoms with Crippen LogP contribution < -0.4 is 15.5 Å². The van der Waals surface area contributed by atoms with Crippen molar-refractivity contribution in [1.82, 2.24) is 20.5 Å². The first-order chi connectivity index (χ1) is 14.5. The molecule has 0 radical (unpaired) electrons. The van der Waals surface area contributed by atoms with Crippen molar-refractivity contribution in [1.29, 1.82) is 0 Å². The molecule has 4 aliphatic rings. The number of nitrogens with one attached hydrogen (secondary N) is 3. The number of H-pyrrole nitrogens is 1. The lowest BCUT2D eigenvalue weighted by molar-refractivity contribution is 0.0170. The maximum absolute atomic E-state index is 13.4. The lowest BCUT2D eigenvalue weighted by Gasteiger charge is -2.40. The molecule has 2 fully saturated rings. The van der Waals surface area contributed by atoms with Crippen LogP contribution in [-0.2, 0) is 9.47 Å². The van der Waals surface area contributed by atoms with Crippen LogP contribution in [0.1, 0.15) is 43.0 Å². The van der Waals surface area contributed by atoms with Gasteiger partial charge in [-0.1, -0.05) is 0 Å². The molecule has 3 N–H and O–H groups in total. The number of carbonyl (C=O) groups excluding carboxylic acids is 1. The van der Waals surface area contributed by atoms with Gasteiger partial charge in [0.1, 0.15) is 24.3 Å². The van der Waals surface area contributed by atoms with E-state index in [2.05, 4.69) is 25.8 Å². The molecule has 5 heterocycles. The van der Waals surface area contributed by atoms with E-state index in [0.717, 1.165) is 18.5 Å². The highest BCUT2D eigenvalue weighted by Gasteiger charge is 2.32. The molecule has 1 amide bonds. The van der Waals surface area contributed by atoms with Gasteiger partial charge in [-0.05, 0) is 25.3 Å². The molecule has 2 aromatic rings. The second kappa shape index (κ2) is 7.71. The topological polar surface area (TPSA) is 104 Å². The Balaban J connectivity index is 1.42. The zero-order valence-corrected chi connectivity index (χ0v) is 16.1. The number of aromatic amines is 1. The van der Waals surface area contributed by atoms with Gasteiger partial charge in [-0.3, -0.25) is 10.4 Å². The zero-order valence-electron chi connectivity index (χ0n) is 16.1. The second-order valence-electron chi connectivity index (χ2n) is 7.83. The fraction of sp³-hybridized carbons (Fsp3) is 0.526. The van der Waals surface area contributed by atoms with E-state index in [1.165, 1.54) is 6.07 Å².